The molecule has 90 valence electrons. The molecule has 15 heavy (non-hydrogen) atoms. The molecular weight excluding hydrogens is 211 g/mol. The highest BCUT2D eigenvalue weighted by Crippen LogP contribution is 2.20. The van der Waals surface area contributed by atoms with Gasteiger partial charge in [-0.1, -0.05) is 64.7 Å². The van der Waals surface area contributed by atoms with Crippen LogP contribution in [0.4, 0.5) is 0 Å². The van der Waals surface area contributed by atoms with Crippen molar-refractivity contribution in [3.05, 3.63) is 0 Å². The second-order valence-electron chi connectivity index (χ2n) is 4.41. The number of hydrogen-bond acceptors (Lipinski definition) is 1. The van der Waals surface area contributed by atoms with Crippen molar-refractivity contribution in [2.75, 3.05) is 0 Å². The van der Waals surface area contributed by atoms with Gasteiger partial charge in [-0.25, -0.2) is 0 Å². The summed E-state index contributed by atoms with van der Waals surface area (Å²) in [4.78, 5) is 14.2. The van der Waals surface area contributed by atoms with Gasteiger partial charge in [-0.2, -0.15) is 0 Å². The molecule has 0 bridgehead atoms. The lowest BCUT2D eigenvalue weighted by Gasteiger charge is -2.12. The fourth-order valence-corrected chi connectivity index (χ4v) is 2.01. The second-order valence-corrected chi connectivity index (χ2v) is 4.92. The summed E-state index contributed by atoms with van der Waals surface area (Å²) in [6, 6.07) is 0. The Kier molecular flexibility index (Phi) is 10.5. The predicted octanol–water partition coefficient (Wildman–Crippen LogP) is 3.78. The second kappa shape index (κ2) is 10.5. The molecule has 0 aromatic carbocycles. The molecule has 4 heteroatoms. The minimum Gasteiger partial charge on any atom is -0.134 e. The van der Waals surface area contributed by atoms with E-state index in [9.17, 15) is 0 Å². The van der Waals surface area contributed by atoms with Gasteiger partial charge in [0.2, 0.25) is 0 Å². The maximum atomic E-state index is 8.70. The highest BCUT2D eigenvalue weighted by molar-refractivity contribution is 7.30. The molecule has 2 N–H and O–H groups in total. The Morgan fingerprint density at radius 2 is 1.13 bits per heavy atom. The van der Waals surface area contributed by atoms with Crippen LogP contribution < -0.4 is 0 Å². The minimum absolute atomic E-state index is 1.01. The fraction of sp³-hybridized carbons (Fsp3) is 1.00. The van der Waals surface area contributed by atoms with E-state index in [0.29, 0.717) is 0 Å². The molecule has 1 rings (SSSR count). The third-order valence-corrected chi connectivity index (χ3v) is 2.89. The van der Waals surface area contributed by atoms with Gasteiger partial charge in [0.05, 0.1) is 0 Å². The van der Waals surface area contributed by atoms with Crippen LogP contribution in [0.3, 0.4) is 0 Å². The van der Waals surface area contributed by atoms with Gasteiger partial charge in [0.1, 0.15) is 0 Å². The number of rotatable bonds is 0. The van der Waals surface area contributed by atoms with Gasteiger partial charge in [0, 0.05) is 4.57 Å². The zero-order valence-electron chi connectivity index (χ0n) is 9.69. The zero-order valence-corrected chi connectivity index (χ0v) is 10.6. The molecule has 3 nitrogen and oxygen atoms in total. The summed E-state index contributed by atoms with van der Waals surface area (Å²) in [6.45, 7) is 2.42. The van der Waals surface area contributed by atoms with Crippen molar-refractivity contribution < 1.29 is 14.4 Å². The van der Waals surface area contributed by atoms with Gasteiger partial charge in [0.15, 0.2) is 0 Å². The molecule has 1 fully saturated rings. The standard InChI is InChI=1S/C11H22.HO3P/c1-11-9-7-5-3-2-4-6-8-10-11;1-4(2)3/h11H,2-10H2,1H3;(H-,1,2,3)/p+1. The van der Waals surface area contributed by atoms with Crippen molar-refractivity contribution in [2.24, 2.45) is 5.92 Å². The zero-order chi connectivity index (χ0) is 11.5. The van der Waals surface area contributed by atoms with Crippen molar-refractivity contribution in [3.63, 3.8) is 0 Å². The summed E-state index contributed by atoms with van der Waals surface area (Å²) in [6.07, 6.45) is 13.4. The van der Waals surface area contributed by atoms with Gasteiger partial charge in [-0.05, 0) is 5.92 Å². The Labute approximate surface area is 93.9 Å². The van der Waals surface area contributed by atoms with Crippen LogP contribution >= 0.6 is 8.25 Å². The Balaban J connectivity index is 0.000000423. The van der Waals surface area contributed by atoms with E-state index in [2.05, 4.69) is 6.92 Å². The summed E-state index contributed by atoms with van der Waals surface area (Å²) >= 11 is 0. The molecule has 0 spiro atoms. The van der Waals surface area contributed by atoms with Crippen LogP contribution in [-0.2, 0) is 4.57 Å². The van der Waals surface area contributed by atoms with Crippen molar-refractivity contribution in [3.8, 4) is 0 Å². The molecular formula is C11H24O3P+. The first-order valence-electron chi connectivity index (χ1n) is 5.98. The third kappa shape index (κ3) is 14.0. The summed E-state index contributed by atoms with van der Waals surface area (Å²) in [5.74, 6) is 1.01. The first-order valence-corrected chi connectivity index (χ1v) is 7.14. The molecule has 1 aliphatic rings. The van der Waals surface area contributed by atoms with Crippen molar-refractivity contribution in [1.29, 1.82) is 0 Å². The molecule has 1 saturated carbocycles. The maximum Gasteiger partial charge on any atom is 0.692 e. The topological polar surface area (TPSA) is 57.5 Å². The Hall–Kier alpha value is 0.0200. The van der Waals surface area contributed by atoms with Gasteiger partial charge in [-0.3, -0.25) is 0 Å². The van der Waals surface area contributed by atoms with Crippen molar-refractivity contribution in [1.82, 2.24) is 0 Å². The van der Waals surface area contributed by atoms with E-state index in [1.165, 1.54) is 57.8 Å². The van der Waals surface area contributed by atoms with Gasteiger partial charge in [0.25, 0.3) is 0 Å². The van der Waals surface area contributed by atoms with Crippen molar-refractivity contribution >= 4 is 8.25 Å². The Morgan fingerprint density at radius 1 is 0.867 bits per heavy atom. The average molecular weight is 235 g/mol. The molecule has 0 saturated heterocycles. The quantitative estimate of drug-likeness (QED) is 0.628. The van der Waals surface area contributed by atoms with Crippen LogP contribution in [0.1, 0.15) is 64.7 Å². The van der Waals surface area contributed by atoms with Gasteiger partial charge < -0.3 is 0 Å². The summed E-state index contributed by atoms with van der Waals surface area (Å²) < 4.78 is 8.70. The molecule has 0 heterocycles. The molecule has 0 atom stereocenters. The van der Waals surface area contributed by atoms with Crippen LogP contribution in [0.25, 0.3) is 0 Å². The highest BCUT2D eigenvalue weighted by atomic mass is 31.1. The van der Waals surface area contributed by atoms with E-state index in [1.54, 1.807) is 0 Å². The van der Waals surface area contributed by atoms with E-state index >= 15 is 0 Å². The molecule has 1 aliphatic carbocycles. The van der Waals surface area contributed by atoms with Crippen LogP contribution in [0.15, 0.2) is 0 Å². The molecule has 0 unspecified atom stereocenters. The molecule has 0 aliphatic heterocycles. The summed E-state index contributed by atoms with van der Waals surface area (Å²) in [5, 5.41) is 0. The number of hydrogen-bond donors (Lipinski definition) is 2. The highest BCUT2D eigenvalue weighted by Gasteiger charge is 2.03. The van der Waals surface area contributed by atoms with Gasteiger partial charge in [-0.15, -0.1) is 9.79 Å². The first kappa shape index (κ1) is 15.0. The Morgan fingerprint density at radius 3 is 1.47 bits per heavy atom. The normalized spacial score (nSPS) is 19.9. The predicted molar refractivity (Wildman–Crippen MR) is 62.8 cm³/mol. The van der Waals surface area contributed by atoms with E-state index < -0.39 is 8.25 Å². The lowest BCUT2D eigenvalue weighted by molar-refractivity contribution is 0.405. The van der Waals surface area contributed by atoms with E-state index in [1.807, 2.05) is 0 Å². The van der Waals surface area contributed by atoms with Crippen molar-refractivity contribution in [2.45, 2.75) is 64.7 Å². The minimum atomic E-state index is -2.87. The van der Waals surface area contributed by atoms with E-state index in [-0.39, 0.29) is 0 Å². The summed E-state index contributed by atoms with van der Waals surface area (Å²) in [5.41, 5.74) is 0. The lowest BCUT2D eigenvalue weighted by atomic mass is 9.94. The largest absolute Gasteiger partial charge is 0.692 e. The molecule has 0 aromatic heterocycles. The lowest BCUT2D eigenvalue weighted by Crippen LogP contribution is -1.96. The van der Waals surface area contributed by atoms with Crippen LogP contribution in [0.5, 0.6) is 0 Å². The summed E-state index contributed by atoms with van der Waals surface area (Å²) in [7, 11) is -2.87. The Bertz CT molecular complexity index is 148. The average Bonchev–Trinajstić information content (AvgIpc) is 2.15. The van der Waals surface area contributed by atoms with E-state index in [0.717, 1.165) is 5.92 Å². The van der Waals surface area contributed by atoms with Crippen LogP contribution in [0, 0.1) is 5.92 Å². The molecule has 0 amide bonds. The van der Waals surface area contributed by atoms with Crippen LogP contribution in [-0.4, -0.2) is 9.79 Å². The van der Waals surface area contributed by atoms with Gasteiger partial charge >= 0.3 is 8.25 Å². The monoisotopic (exact) mass is 235 g/mol. The third-order valence-electron chi connectivity index (χ3n) is 2.89. The smallest absolute Gasteiger partial charge is 0.134 e. The van der Waals surface area contributed by atoms with Crippen LogP contribution in [0.2, 0.25) is 0 Å². The fourth-order valence-electron chi connectivity index (χ4n) is 2.01. The SMILES string of the molecule is CC1CCCCCCCCC1.O=[P+](O)O. The van der Waals surface area contributed by atoms with E-state index in [4.69, 9.17) is 14.4 Å². The maximum absolute atomic E-state index is 8.70. The molecule has 0 radical (unpaired) electrons. The first-order chi connectivity index (χ1) is 7.13. The molecule has 0 aromatic rings.